The number of sulfonamides is 1. The highest BCUT2D eigenvalue weighted by molar-refractivity contribution is 9.10. The molecule has 0 spiro atoms. The number of amides is 1. The normalized spacial score (nSPS) is 13.0. The Kier molecular flexibility index (Phi) is 6.37. The van der Waals surface area contributed by atoms with Crippen LogP contribution in [0.5, 0.6) is 0 Å². The van der Waals surface area contributed by atoms with E-state index in [9.17, 15) is 13.2 Å². The van der Waals surface area contributed by atoms with Crippen LogP contribution < -0.4 is 10.5 Å². The van der Waals surface area contributed by atoms with E-state index in [2.05, 4.69) is 28.2 Å². The molecular weight excluding hydrogens is 356 g/mol. The zero-order valence-corrected chi connectivity index (χ0v) is 14.8. The molecular formula is C14H21BrN2O3S. The number of primary sulfonamides is 1. The summed E-state index contributed by atoms with van der Waals surface area (Å²) in [6.45, 7) is 5.77. The maximum Gasteiger partial charge on any atom is 0.251 e. The predicted octanol–water partition coefficient (Wildman–Crippen LogP) is 2.71. The highest BCUT2D eigenvalue weighted by Crippen LogP contribution is 2.24. The third-order valence-electron chi connectivity index (χ3n) is 3.26. The molecule has 118 valence electrons. The summed E-state index contributed by atoms with van der Waals surface area (Å²) in [6.07, 6.45) is 2.98. The molecule has 1 rings (SSSR count). The van der Waals surface area contributed by atoms with Crippen LogP contribution in [0.1, 0.15) is 49.0 Å². The van der Waals surface area contributed by atoms with Crippen molar-refractivity contribution in [1.29, 1.82) is 0 Å². The van der Waals surface area contributed by atoms with Gasteiger partial charge in [-0.25, -0.2) is 13.6 Å². The molecule has 21 heavy (non-hydrogen) atoms. The van der Waals surface area contributed by atoms with E-state index in [1.165, 1.54) is 12.1 Å². The van der Waals surface area contributed by atoms with Crippen LogP contribution in [0.3, 0.4) is 0 Å². The molecule has 7 heteroatoms. The fourth-order valence-corrected chi connectivity index (χ4v) is 3.11. The zero-order chi connectivity index (χ0) is 16.2. The quantitative estimate of drug-likeness (QED) is 0.799. The maximum atomic E-state index is 12.3. The molecule has 3 N–H and O–H groups in total. The van der Waals surface area contributed by atoms with Gasteiger partial charge in [0.2, 0.25) is 10.0 Å². The van der Waals surface area contributed by atoms with Gasteiger partial charge < -0.3 is 5.32 Å². The number of benzene rings is 1. The molecule has 0 aromatic heterocycles. The molecule has 0 fully saturated rings. The molecule has 1 aromatic carbocycles. The first-order valence-electron chi connectivity index (χ1n) is 6.80. The second-order valence-electron chi connectivity index (χ2n) is 5.14. The van der Waals surface area contributed by atoms with Crippen LogP contribution in [0.4, 0.5) is 0 Å². The van der Waals surface area contributed by atoms with Crippen molar-refractivity contribution in [3.8, 4) is 0 Å². The topological polar surface area (TPSA) is 89.3 Å². The van der Waals surface area contributed by atoms with Crippen LogP contribution in [0, 0.1) is 6.92 Å². The molecule has 0 saturated heterocycles. The van der Waals surface area contributed by atoms with Gasteiger partial charge in [0.15, 0.2) is 0 Å². The zero-order valence-electron chi connectivity index (χ0n) is 12.4. The third-order valence-corrected chi connectivity index (χ3v) is 4.98. The molecule has 1 aromatic rings. The molecule has 0 radical (unpaired) electrons. The Morgan fingerprint density at radius 3 is 2.57 bits per heavy atom. The molecule has 0 aliphatic rings. The first-order valence-corrected chi connectivity index (χ1v) is 9.14. The Morgan fingerprint density at radius 2 is 2.05 bits per heavy atom. The van der Waals surface area contributed by atoms with Gasteiger partial charge >= 0.3 is 0 Å². The first-order chi connectivity index (χ1) is 9.66. The van der Waals surface area contributed by atoms with Gasteiger partial charge in [0.05, 0.1) is 4.90 Å². The SMILES string of the molecule is CCCCC(C)NC(=O)c1cc(S(N)(=O)=O)cc(Br)c1C. The molecule has 5 nitrogen and oxygen atoms in total. The van der Waals surface area contributed by atoms with Crippen molar-refractivity contribution in [1.82, 2.24) is 5.32 Å². The van der Waals surface area contributed by atoms with Gasteiger partial charge in [-0.2, -0.15) is 0 Å². The minimum absolute atomic E-state index is 0.0359. The minimum atomic E-state index is -3.85. The number of nitrogens with two attached hydrogens (primary N) is 1. The van der Waals surface area contributed by atoms with Crippen molar-refractivity contribution in [2.45, 2.75) is 51.0 Å². The van der Waals surface area contributed by atoms with Crippen LogP contribution in [-0.2, 0) is 10.0 Å². The lowest BCUT2D eigenvalue weighted by atomic mass is 10.1. The van der Waals surface area contributed by atoms with E-state index in [0.29, 0.717) is 15.6 Å². The molecule has 0 aliphatic heterocycles. The highest BCUT2D eigenvalue weighted by Gasteiger charge is 2.18. The second kappa shape index (κ2) is 7.38. The number of unbranched alkanes of at least 4 members (excludes halogenated alkanes) is 1. The average Bonchev–Trinajstić information content (AvgIpc) is 2.37. The minimum Gasteiger partial charge on any atom is -0.350 e. The van der Waals surface area contributed by atoms with Crippen LogP contribution in [0.15, 0.2) is 21.5 Å². The average molecular weight is 377 g/mol. The third kappa shape index (κ3) is 5.09. The van der Waals surface area contributed by atoms with Crippen molar-refractivity contribution in [3.05, 3.63) is 27.7 Å². The van der Waals surface area contributed by atoms with E-state index >= 15 is 0 Å². The number of rotatable bonds is 6. The molecule has 0 aliphatic carbocycles. The van der Waals surface area contributed by atoms with Gasteiger partial charge in [-0.3, -0.25) is 4.79 Å². The lowest BCUT2D eigenvalue weighted by Gasteiger charge is -2.15. The lowest BCUT2D eigenvalue weighted by Crippen LogP contribution is -2.33. The summed E-state index contributed by atoms with van der Waals surface area (Å²) in [5.41, 5.74) is 0.999. The van der Waals surface area contributed by atoms with E-state index in [0.717, 1.165) is 19.3 Å². The summed E-state index contributed by atoms with van der Waals surface area (Å²) in [7, 11) is -3.85. The van der Waals surface area contributed by atoms with E-state index in [4.69, 9.17) is 5.14 Å². The molecule has 0 heterocycles. The van der Waals surface area contributed by atoms with Crippen molar-refractivity contribution in [2.75, 3.05) is 0 Å². The van der Waals surface area contributed by atoms with Gasteiger partial charge in [-0.15, -0.1) is 0 Å². The molecule has 1 amide bonds. The fourth-order valence-electron chi connectivity index (χ4n) is 1.94. The van der Waals surface area contributed by atoms with E-state index in [1.54, 1.807) is 6.92 Å². The van der Waals surface area contributed by atoms with Crippen LogP contribution in [-0.4, -0.2) is 20.4 Å². The van der Waals surface area contributed by atoms with E-state index in [-0.39, 0.29) is 16.8 Å². The Balaban J connectivity index is 3.06. The summed E-state index contributed by atoms with van der Waals surface area (Å²) in [5.74, 6) is -0.290. The van der Waals surface area contributed by atoms with Gasteiger partial charge in [-0.1, -0.05) is 35.7 Å². The van der Waals surface area contributed by atoms with Crippen molar-refractivity contribution in [2.24, 2.45) is 5.14 Å². The molecule has 1 atom stereocenters. The smallest absolute Gasteiger partial charge is 0.251 e. The molecule has 0 saturated carbocycles. The van der Waals surface area contributed by atoms with Gasteiger partial charge in [0, 0.05) is 16.1 Å². The predicted molar refractivity (Wildman–Crippen MR) is 86.7 cm³/mol. The van der Waals surface area contributed by atoms with E-state index in [1.807, 2.05) is 6.92 Å². The maximum absolute atomic E-state index is 12.3. The van der Waals surface area contributed by atoms with Crippen LogP contribution in [0.25, 0.3) is 0 Å². The van der Waals surface area contributed by atoms with Gasteiger partial charge in [0.25, 0.3) is 5.91 Å². The number of nitrogens with one attached hydrogen (secondary N) is 1. The number of hydrogen-bond donors (Lipinski definition) is 2. The number of carbonyl (C=O) groups excluding carboxylic acids is 1. The van der Waals surface area contributed by atoms with E-state index < -0.39 is 10.0 Å². The Labute approximate surface area is 134 Å². The summed E-state index contributed by atoms with van der Waals surface area (Å²) in [6, 6.07) is 2.76. The van der Waals surface area contributed by atoms with Gasteiger partial charge in [-0.05, 0) is 38.0 Å². The summed E-state index contributed by atoms with van der Waals surface area (Å²) in [4.78, 5) is 12.2. The summed E-state index contributed by atoms with van der Waals surface area (Å²) >= 11 is 3.27. The second-order valence-corrected chi connectivity index (χ2v) is 7.56. The lowest BCUT2D eigenvalue weighted by molar-refractivity contribution is 0.0937. The fraction of sp³-hybridized carbons (Fsp3) is 0.500. The van der Waals surface area contributed by atoms with Crippen molar-refractivity contribution < 1.29 is 13.2 Å². The van der Waals surface area contributed by atoms with Crippen molar-refractivity contribution in [3.63, 3.8) is 0 Å². The Bertz CT molecular complexity index is 629. The summed E-state index contributed by atoms with van der Waals surface area (Å²) < 4.78 is 23.5. The van der Waals surface area contributed by atoms with Crippen LogP contribution in [0.2, 0.25) is 0 Å². The van der Waals surface area contributed by atoms with Crippen LogP contribution >= 0.6 is 15.9 Å². The summed E-state index contributed by atoms with van der Waals surface area (Å²) in [5, 5.41) is 8.01. The number of hydrogen-bond acceptors (Lipinski definition) is 3. The molecule has 0 bridgehead atoms. The van der Waals surface area contributed by atoms with Gasteiger partial charge in [0.1, 0.15) is 0 Å². The number of carbonyl (C=O) groups is 1. The largest absolute Gasteiger partial charge is 0.350 e. The number of halogens is 1. The Hall–Kier alpha value is -0.920. The molecule has 1 unspecified atom stereocenters. The monoisotopic (exact) mass is 376 g/mol. The first kappa shape index (κ1) is 18.1. The standard InChI is InChI=1S/C14H21BrN2O3S/c1-4-5-6-9(2)17-14(18)12-7-11(21(16,19)20)8-13(15)10(12)3/h7-9H,4-6H2,1-3H3,(H,17,18)(H2,16,19,20). The Morgan fingerprint density at radius 1 is 1.43 bits per heavy atom. The van der Waals surface area contributed by atoms with Crippen molar-refractivity contribution >= 4 is 31.9 Å². The highest BCUT2D eigenvalue weighted by atomic mass is 79.9.